The van der Waals surface area contributed by atoms with Gasteiger partial charge in [-0.1, -0.05) is 13.0 Å². The number of ether oxygens (including phenoxy) is 1. The van der Waals surface area contributed by atoms with Crippen molar-refractivity contribution in [1.29, 1.82) is 0 Å². The smallest absolute Gasteiger partial charge is 0.219 e. The van der Waals surface area contributed by atoms with Crippen molar-refractivity contribution in [2.45, 2.75) is 19.4 Å². The van der Waals surface area contributed by atoms with Crippen LogP contribution in [-0.4, -0.2) is 43.7 Å². The van der Waals surface area contributed by atoms with E-state index >= 15 is 0 Å². The third kappa shape index (κ3) is 3.54. The van der Waals surface area contributed by atoms with Gasteiger partial charge in [-0.2, -0.15) is 0 Å². The van der Waals surface area contributed by atoms with E-state index in [4.69, 9.17) is 4.74 Å². The van der Waals surface area contributed by atoms with Gasteiger partial charge in [0.2, 0.25) is 5.91 Å². The van der Waals surface area contributed by atoms with Gasteiger partial charge in [0.1, 0.15) is 0 Å². The molecular weight excluding hydrogens is 248 g/mol. The summed E-state index contributed by atoms with van der Waals surface area (Å²) in [4.78, 5) is 15.1. The Kier molecular flexibility index (Phi) is 5.16. The molecule has 2 heterocycles. The van der Waals surface area contributed by atoms with E-state index in [1.807, 2.05) is 6.92 Å². The summed E-state index contributed by atoms with van der Waals surface area (Å²) in [6.07, 6.45) is 0.542. The molecule has 4 nitrogen and oxygen atoms in total. The zero-order valence-electron chi connectivity index (χ0n) is 10.7. The van der Waals surface area contributed by atoms with Crippen molar-refractivity contribution in [3.05, 3.63) is 22.4 Å². The number of nitrogens with zero attached hydrogens (tertiary/aromatic N) is 1. The molecular formula is C13H20N2O2S. The van der Waals surface area contributed by atoms with E-state index in [-0.39, 0.29) is 11.9 Å². The second kappa shape index (κ2) is 6.87. The second-order valence-corrected chi connectivity index (χ2v) is 5.32. The summed E-state index contributed by atoms with van der Waals surface area (Å²) in [5.41, 5.74) is 0. The molecule has 1 aromatic heterocycles. The maximum atomic E-state index is 11.4. The first-order valence-electron chi connectivity index (χ1n) is 6.43. The number of amides is 1. The average molecular weight is 268 g/mol. The molecule has 2 rings (SSSR count). The highest BCUT2D eigenvalue weighted by Crippen LogP contribution is 2.25. The van der Waals surface area contributed by atoms with E-state index in [0.29, 0.717) is 13.0 Å². The Hall–Kier alpha value is -0.910. The quantitative estimate of drug-likeness (QED) is 0.883. The summed E-state index contributed by atoms with van der Waals surface area (Å²) in [5.74, 6) is 0.116. The molecule has 1 aliphatic heterocycles. The Morgan fingerprint density at radius 3 is 2.94 bits per heavy atom. The fraction of sp³-hybridized carbons (Fsp3) is 0.615. The van der Waals surface area contributed by atoms with Crippen LogP contribution >= 0.6 is 11.3 Å². The summed E-state index contributed by atoms with van der Waals surface area (Å²) in [6, 6.07) is 4.49. The van der Waals surface area contributed by atoms with Gasteiger partial charge in [0.05, 0.1) is 19.3 Å². The molecule has 0 aromatic carbocycles. The lowest BCUT2D eigenvalue weighted by Gasteiger charge is -2.34. The number of thiophene rings is 1. The minimum Gasteiger partial charge on any atom is -0.379 e. The Bertz CT molecular complexity index is 361. The first-order valence-corrected chi connectivity index (χ1v) is 7.31. The number of nitrogens with one attached hydrogen (secondary N) is 1. The topological polar surface area (TPSA) is 41.6 Å². The normalized spacial score (nSPS) is 18.5. The van der Waals surface area contributed by atoms with Gasteiger partial charge in [0, 0.05) is 30.9 Å². The largest absolute Gasteiger partial charge is 0.379 e. The number of hydrogen-bond acceptors (Lipinski definition) is 4. The van der Waals surface area contributed by atoms with Crippen molar-refractivity contribution in [2.75, 3.05) is 32.8 Å². The zero-order valence-corrected chi connectivity index (χ0v) is 11.5. The van der Waals surface area contributed by atoms with Crippen molar-refractivity contribution in [1.82, 2.24) is 10.2 Å². The van der Waals surface area contributed by atoms with E-state index < -0.39 is 0 Å². The van der Waals surface area contributed by atoms with Crippen LogP contribution in [0.1, 0.15) is 24.3 Å². The van der Waals surface area contributed by atoms with Gasteiger partial charge in [-0.05, 0) is 11.4 Å². The van der Waals surface area contributed by atoms with Gasteiger partial charge >= 0.3 is 0 Å². The zero-order chi connectivity index (χ0) is 12.8. The first kappa shape index (κ1) is 13.5. The molecule has 1 aliphatic rings. The van der Waals surface area contributed by atoms with E-state index in [9.17, 15) is 4.79 Å². The SMILES string of the molecule is CCC(=O)NC[C@@H](c1cccs1)N1CCOCC1. The fourth-order valence-corrected chi connectivity index (χ4v) is 2.98. The molecule has 1 atom stereocenters. The number of rotatable bonds is 5. The van der Waals surface area contributed by atoms with Crippen LogP contribution in [-0.2, 0) is 9.53 Å². The molecule has 100 valence electrons. The van der Waals surface area contributed by atoms with E-state index in [0.717, 1.165) is 26.3 Å². The summed E-state index contributed by atoms with van der Waals surface area (Å²) >= 11 is 1.75. The monoisotopic (exact) mass is 268 g/mol. The standard InChI is InChI=1S/C13H20N2O2S/c1-2-13(16)14-10-11(12-4-3-9-18-12)15-5-7-17-8-6-15/h3-4,9,11H,2,5-8,10H2,1H3,(H,14,16)/t11-/m0/s1. The lowest BCUT2D eigenvalue weighted by atomic mass is 10.2. The van der Waals surface area contributed by atoms with E-state index in [1.165, 1.54) is 4.88 Å². The van der Waals surface area contributed by atoms with Crippen LogP contribution in [0.4, 0.5) is 0 Å². The molecule has 1 N–H and O–H groups in total. The summed E-state index contributed by atoms with van der Waals surface area (Å²) in [5, 5.41) is 5.09. The van der Waals surface area contributed by atoms with Crippen molar-refractivity contribution in [3.8, 4) is 0 Å². The summed E-state index contributed by atoms with van der Waals surface area (Å²) in [6.45, 7) is 6.00. The van der Waals surface area contributed by atoms with Crippen molar-refractivity contribution in [3.63, 3.8) is 0 Å². The molecule has 0 bridgehead atoms. The third-order valence-corrected chi connectivity index (χ3v) is 4.15. The Morgan fingerprint density at radius 2 is 2.33 bits per heavy atom. The highest BCUT2D eigenvalue weighted by Gasteiger charge is 2.23. The molecule has 18 heavy (non-hydrogen) atoms. The number of morpholine rings is 1. The van der Waals surface area contributed by atoms with Crippen molar-refractivity contribution < 1.29 is 9.53 Å². The fourth-order valence-electron chi connectivity index (χ4n) is 2.12. The van der Waals surface area contributed by atoms with Gasteiger partial charge < -0.3 is 10.1 Å². The molecule has 0 spiro atoms. The average Bonchev–Trinajstić information content (AvgIpc) is 2.94. The van der Waals surface area contributed by atoms with Crippen LogP contribution < -0.4 is 5.32 Å². The third-order valence-electron chi connectivity index (χ3n) is 3.17. The van der Waals surface area contributed by atoms with Gasteiger partial charge in [-0.15, -0.1) is 11.3 Å². The molecule has 0 saturated carbocycles. The Morgan fingerprint density at radius 1 is 1.56 bits per heavy atom. The molecule has 5 heteroatoms. The van der Waals surface area contributed by atoms with Gasteiger partial charge in [-0.25, -0.2) is 0 Å². The first-order chi connectivity index (χ1) is 8.81. The molecule has 1 aromatic rings. The molecule has 1 saturated heterocycles. The van der Waals surface area contributed by atoms with Crippen LogP contribution in [0.5, 0.6) is 0 Å². The predicted octanol–water partition coefficient (Wildman–Crippen LogP) is 1.65. The van der Waals surface area contributed by atoms with Gasteiger partial charge in [0.15, 0.2) is 0 Å². The predicted molar refractivity (Wildman–Crippen MR) is 72.8 cm³/mol. The van der Waals surface area contributed by atoms with Gasteiger partial charge in [-0.3, -0.25) is 9.69 Å². The van der Waals surface area contributed by atoms with Crippen LogP contribution in [0, 0.1) is 0 Å². The number of hydrogen-bond donors (Lipinski definition) is 1. The van der Waals surface area contributed by atoms with E-state index in [2.05, 4.69) is 27.7 Å². The number of carbonyl (C=O) groups excluding carboxylic acids is 1. The minimum absolute atomic E-state index is 0.116. The lowest BCUT2D eigenvalue weighted by Crippen LogP contribution is -2.43. The maximum absolute atomic E-state index is 11.4. The van der Waals surface area contributed by atoms with E-state index in [1.54, 1.807) is 11.3 Å². The Labute approximate surface area is 112 Å². The molecule has 0 aliphatic carbocycles. The van der Waals surface area contributed by atoms with Crippen LogP contribution in [0.2, 0.25) is 0 Å². The lowest BCUT2D eigenvalue weighted by molar-refractivity contribution is -0.121. The summed E-state index contributed by atoms with van der Waals surface area (Å²) in [7, 11) is 0. The maximum Gasteiger partial charge on any atom is 0.219 e. The summed E-state index contributed by atoms with van der Waals surface area (Å²) < 4.78 is 5.39. The molecule has 1 amide bonds. The number of carbonyl (C=O) groups is 1. The highest BCUT2D eigenvalue weighted by atomic mass is 32.1. The van der Waals surface area contributed by atoms with Gasteiger partial charge in [0.25, 0.3) is 0 Å². The minimum atomic E-state index is 0.116. The second-order valence-electron chi connectivity index (χ2n) is 4.34. The van der Waals surface area contributed by atoms with Crippen molar-refractivity contribution in [2.24, 2.45) is 0 Å². The Balaban J connectivity index is 2.00. The molecule has 1 fully saturated rings. The van der Waals surface area contributed by atoms with Crippen molar-refractivity contribution >= 4 is 17.2 Å². The van der Waals surface area contributed by atoms with Crippen LogP contribution in [0.3, 0.4) is 0 Å². The van der Waals surface area contributed by atoms with Crippen LogP contribution in [0.25, 0.3) is 0 Å². The highest BCUT2D eigenvalue weighted by molar-refractivity contribution is 7.10. The molecule has 0 unspecified atom stereocenters. The van der Waals surface area contributed by atoms with Crippen LogP contribution in [0.15, 0.2) is 17.5 Å². The molecule has 0 radical (unpaired) electrons.